The highest BCUT2D eigenvalue weighted by molar-refractivity contribution is 6.31. The van der Waals surface area contributed by atoms with E-state index >= 15 is 0 Å². The summed E-state index contributed by atoms with van der Waals surface area (Å²) in [6.45, 7) is 0. The van der Waals surface area contributed by atoms with E-state index < -0.39 is 11.6 Å². The number of nitrogens with zero attached hydrogens (tertiary/aromatic N) is 2. The number of hydrogen-bond acceptors (Lipinski definition) is 3. The number of nitrogens with one attached hydrogen (secondary N) is 1. The Kier molecular flexibility index (Phi) is 3.61. The lowest BCUT2D eigenvalue weighted by Gasteiger charge is -2.12. The van der Waals surface area contributed by atoms with Crippen molar-refractivity contribution in [3.63, 3.8) is 0 Å². The summed E-state index contributed by atoms with van der Waals surface area (Å²) in [4.78, 5) is 4.11. The molecule has 0 aliphatic carbocycles. The molecule has 0 saturated carbocycles. The first-order chi connectivity index (χ1) is 10.6. The largest absolute Gasteiger partial charge is 0.354 e. The first-order valence-corrected chi connectivity index (χ1v) is 6.67. The van der Waals surface area contributed by atoms with Gasteiger partial charge in [-0.05, 0) is 36.4 Å². The Balaban J connectivity index is 2.17. The molecule has 1 heterocycles. The van der Waals surface area contributed by atoms with Crippen molar-refractivity contribution in [2.24, 2.45) is 0 Å². The van der Waals surface area contributed by atoms with Crippen LogP contribution in [0.4, 0.5) is 20.2 Å². The first kappa shape index (κ1) is 14.2. The first-order valence-electron chi connectivity index (χ1n) is 6.29. The Morgan fingerprint density at radius 2 is 1.95 bits per heavy atom. The highest BCUT2D eigenvalue weighted by Crippen LogP contribution is 2.30. The molecule has 3 aromatic rings. The highest BCUT2D eigenvalue weighted by atomic mass is 35.5. The third-order valence-electron chi connectivity index (χ3n) is 3.14. The van der Waals surface area contributed by atoms with Crippen LogP contribution in [-0.2, 0) is 0 Å². The minimum absolute atomic E-state index is 0.0481. The van der Waals surface area contributed by atoms with Crippen LogP contribution in [0.25, 0.3) is 10.9 Å². The molecule has 0 saturated heterocycles. The maximum atomic E-state index is 13.5. The lowest BCUT2D eigenvalue weighted by molar-refractivity contribution is 0.628. The number of pyridine rings is 1. The number of hydrogen-bond donors (Lipinski definition) is 1. The van der Waals surface area contributed by atoms with Crippen LogP contribution in [0, 0.1) is 23.0 Å². The Morgan fingerprint density at radius 3 is 2.68 bits per heavy atom. The van der Waals surface area contributed by atoms with Gasteiger partial charge in [0.2, 0.25) is 0 Å². The molecule has 22 heavy (non-hydrogen) atoms. The number of anilines is 2. The van der Waals surface area contributed by atoms with Gasteiger partial charge < -0.3 is 5.32 Å². The Morgan fingerprint density at radius 1 is 1.14 bits per heavy atom. The van der Waals surface area contributed by atoms with E-state index in [9.17, 15) is 14.0 Å². The second kappa shape index (κ2) is 5.58. The van der Waals surface area contributed by atoms with E-state index in [4.69, 9.17) is 11.6 Å². The van der Waals surface area contributed by atoms with Gasteiger partial charge >= 0.3 is 0 Å². The Hall–Kier alpha value is -2.71. The quantitative estimate of drug-likeness (QED) is 0.740. The summed E-state index contributed by atoms with van der Waals surface area (Å²) < 4.78 is 26.7. The van der Waals surface area contributed by atoms with Crippen LogP contribution >= 0.6 is 11.6 Å². The van der Waals surface area contributed by atoms with Crippen LogP contribution in [0.3, 0.4) is 0 Å². The van der Waals surface area contributed by atoms with Crippen molar-refractivity contribution in [2.75, 3.05) is 5.32 Å². The van der Waals surface area contributed by atoms with Gasteiger partial charge in [-0.25, -0.2) is 8.78 Å². The number of halogens is 3. The molecule has 0 bridgehead atoms. The van der Waals surface area contributed by atoms with Gasteiger partial charge in [0.05, 0.1) is 21.8 Å². The van der Waals surface area contributed by atoms with E-state index in [-0.39, 0.29) is 10.6 Å². The number of aromatic nitrogens is 1. The van der Waals surface area contributed by atoms with Crippen molar-refractivity contribution in [3.05, 3.63) is 64.8 Å². The third-order valence-corrected chi connectivity index (χ3v) is 3.43. The van der Waals surface area contributed by atoms with E-state index in [2.05, 4.69) is 10.3 Å². The van der Waals surface area contributed by atoms with E-state index in [1.54, 1.807) is 0 Å². The van der Waals surface area contributed by atoms with Gasteiger partial charge in [-0.3, -0.25) is 4.98 Å². The van der Waals surface area contributed by atoms with Crippen LogP contribution in [-0.4, -0.2) is 4.98 Å². The maximum absolute atomic E-state index is 13.5. The summed E-state index contributed by atoms with van der Waals surface area (Å²) in [5.74, 6) is -0.983. The molecule has 0 spiro atoms. The number of fused-ring (bicyclic) bond motifs is 1. The molecular weight excluding hydrogens is 308 g/mol. The fraction of sp³-hybridized carbons (Fsp3) is 0. The van der Waals surface area contributed by atoms with Gasteiger partial charge in [0, 0.05) is 17.3 Å². The van der Waals surface area contributed by atoms with Gasteiger partial charge in [0.25, 0.3) is 0 Å². The predicted octanol–water partition coefficient (Wildman–Crippen LogP) is 4.78. The SMILES string of the molecule is N#Cc1cnc2ccc(F)cc2c1Nc1ccc(F)c(Cl)c1. The smallest absolute Gasteiger partial charge is 0.141 e. The second-order valence-corrected chi connectivity index (χ2v) is 4.98. The topological polar surface area (TPSA) is 48.7 Å². The predicted molar refractivity (Wildman–Crippen MR) is 81.1 cm³/mol. The lowest BCUT2D eigenvalue weighted by Crippen LogP contribution is -1.97. The zero-order valence-electron chi connectivity index (χ0n) is 11.1. The van der Waals surface area contributed by atoms with E-state index in [1.807, 2.05) is 6.07 Å². The van der Waals surface area contributed by atoms with Crippen LogP contribution < -0.4 is 5.32 Å². The summed E-state index contributed by atoms with van der Waals surface area (Å²) >= 11 is 5.74. The van der Waals surface area contributed by atoms with Gasteiger partial charge in [-0.1, -0.05) is 11.6 Å². The van der Waals surface area contributed by atoms with Gasteiger partial charge in [0.1, 0.15) is 17.7 Å². The summed E-state index contributed by atoms with van der Waals surface area (Å²) in [6, 6.07) is 10.2. The van der Waals surface area contributed by atoms with Crippen molar-refractivity contribution >= 4 is 33.9 Å². The summed E-state index contributed by atoms with van der Waals surface area (Å²) in [5.41, 5.74) is 1.67. The molecular formula is C16H8ClF2N3. The number of benzene rings is 2. The molecule has 0 aliphatic rings. The highest BCUT2D eigenvalue weighted by Gasteiger charge is 2.11. The van der Waals surface area contributed by atoms with E-state index in [0.717, 1.165) is 0 Å². The molecule has 3 rings (SSSR count). The molecule has 1 aromatic heterocycles. The molecule has 0 aliphatic heterocycles. The molecule has 0 fully saturated rings. The molecule has 0 unspecified atom stereocenters. The molecule has 0 amide bonds. The van der Waals surface area contributed by atoms with E-state index in [1.165, 1.54) is 42.6 Å². The van der Waals surface area contributed by atoms with Gasteiger partial charge in [0.15, 0.2) is 0 Å². The normalized spacial score (nSPS) is 10.5. The molecule has 2 aromatic carbocycles. The van der Waals surface area contributed by atoms with Crippen LogP contribution in [0.15, 0.2) is 42.6 Å². The van der Waals surface area contributed by atoms with Crippen LogP contribution in [0.1, 0.15) is 5.56 Å². The maximum Gasteiger partial charge on any atom is 0.141 e. The summed E-state index contributed by atoms with van der Waals surface area (Å²) in [6.07, 6.45) is 1.40. The average Bonchev–Trinajstić information content (AvgIpc) is 2.51. The van der Waals surface area contributed by atoms with Gasteiger partial charge in [-0.15, -0.1) is 0 Å². The molecule has 3 nitrogen and oxygen atoms in total. The molecule has 0 radical (unpaired) electrons. The fourth-order valence-electron chi connectivity index (χ4n) is 2.10. The van der Waals surface area contributed by atoms with Crippen molar-refractivity contribution in [2.45, 2.75) is 0 Å². The average molecular weight is 316 g/mol. The van der Waals surface area contributed by atoms with Crippen molar-refractivity contribution in [1.82, 2.24) is 4.98 Å². The molecule has 0 atom stereocenters. The molecule has 108 valence electrons. The third kappa shape index (κ3) is 2.57. The van der Waals surface area contributed by atoms with Crippen LogP contribution in [0.2, 0.25) is 5.02 Å². The number of rotatable bonds is 2. The molecule has 1 N–H and O–H groups in total. The Labute approximate surface area is 129 Å². The Bertz CT molecular complexity index is 919. The monoisotopic (exact) mass is 315 g/mol. The lowest BCUT2D eigenvalue weighted by atomic mass is 10.1. The van der Waals surface area contributed by atoms with Gasteiger partial charge in [-0.2, -0.15) is 5.26 Å². The zero-order chi connectivity index (χ0) is 15.7. The molecule has 6 heteroatoms. The van der Waals surface area contributed by atoms with Crippen LogP contribution in [0.5, 0.6) is 0 Å². The van der Waals surface area contributed by atoms with Crippen molar-refractivity contribution in [1.29, 1.82) is 5.26 Å². The summed E-state index contributed by atoms with van der Waals surface area (Å²) in [5, 5.41) is 12.6. The van der Waals surface area contributed by atoms with Crippen molar-refractivity contribution < 1.29 is 8.78 Å². The zero-order valence-corrected chi connectivity index (χ0v) is 11.8. The second-order valence-electron chi connectivity index (χ2n) is 4.57. The summed E-state index contributed by atoms with van der Waals surface area (Å²) in [7, 11) is 0. The van der Waals surface area contributed by atoms with E-state index in [0.29, 0.717) is 22.3 Å². The number of nitriles is 1. The standard InChI is InChI=1S/C16H8ClF2N3/c17-13-6-11(2-3-14(13)19)22-16-9(7-20)8-21-15-4-1-10(18)5-12(15)16/h1-6,8H,(H,21,22). The fourth-order valence-corrected chi connectivity index (χ4v) is 2.28. The minimum Gasteiger partial charge on any atom is -0.354 e. The van der Waals surface area contributed by atoms with Crippen molar-refractivity contribution in [3.8, 4) is 6.07 Å². The minimum atomic E-state index is -0.543.